The number of para-hydroxylation sites is 1. The van der Waals surface area contributed by atoms with Crippen molar-refractivity contribution in [3.8, 4) is 5.75 Å². The van der Waals surface area contributed by atoms with Crippen LogP contribution in [-0.4, -0.2) is 43.4 Å². The van der Waals surface area contributed by atoms with Crippen LogP contribution in [-0.2, 0) is 30.9 Å². The van der Waals surface area contributed by atoms with Gasteiger partial charge in [-0.2, -0.15) is 8.42 Å². The summed E-state index contributed by atoms with van der Waals surface area (Å²) in [7, 11) is -4.95. The summed E-state index contributed by atoms with van der Waals surface area (Å²) in [6, 6.07) is 6.44. The molecule has 0 heterocycles. The average Bonchev–Trinajstić information content (AvgIpc) is 2.55. The van der Waals surface area contributed by atoms with Gasteiger partial charge in [0.2, 0.25) is 0 Å². The average molecular weight is 410 g/mol. The van der Waals surface area contributed by atoms with Crippen LogP contribution in [0.1, 0.15) is 25.8 Å². The summed E-state index contributed by atoms with van der Waals surface area (Å²) in [5.74, 6) is -3.03. The Labute approximate surface area is 181 Å². The van der Waals surface area contributed by atoms with Crippen molar-refractivity contribution in [3.63, 3.8) is 0 Å². The van der Waals surface area contributed by atoms with Crippen LogP contribution in [0.25, 0.3) is 0 Å². The summed E-state index contributed by atoms with van der Waals surface area (Å²) >= 11 is 0. The van der Waals surface area contributed by atoms with Crippen molar-refractivity contribution in [3.05, 3.63) is 42.5 Å². The molecule has 1 atom stereocenters. The molecule has 27 heavy (non-hydrogen) atoms. The maximum absolute atomic E-state index is 11.6. The second-order valence-corrected chi connectivity index (χ2v) is 6.48. The van der Waals surface area contributed by atoms with E-state index in [1.54, 1.807) is 24.3 Å². The van der Waals surface area contributed by atoms with E-state index in [1.165, 1.54) is 6.07 Å². The molecule has 1 aromatic rings. The van der Waals surface area contributed by atoms with Crippen molar-refractivity contribution in [1.29, 1.82) is 0 Å². The SMILES string of the molecule is C=CCc1ccccc1OC(=O)CC(C(=O)[O-])S(=O)(=O)O.CCOCC.[Na+]. The summed E-state index contributed by atoms with van der Waals surface area (Å²) in [5, 5.41) is 8.27. The van der Waals surface area contributed by atoms with E-state index in [0.29, 0.717) is 12.0 Å². The Morgan fingerprint density at radius 3 is 2.22 bits per heavy atom. The van der Waals surface area contributed by atoms with Gasteiger partial charge in [-0.1, -0.05) is 24.3 Å². The third kappa shape index (κ3) is 12.0. The predicted octanol–water partition coefficient (Wildman–Crippen LogP) is -2.24. The Morgan fingerprint density at radius 1 is 1.26 bits per heavy atom. The Hall–Kier alpha value is -1.23. The van der Waals surface area contributed by atoms with E-state index in [-0.39, 0.29) is 35.3 Å². The number of carboxylic acids is 1. The molecule has 0 radical (unpaired) electrons. The largest absolute Gasteiger partial charge is 1.00 e. The Morgan fingerprint density at radius 2 is 1.81 bits per heavy atom. The van der Waals surface area contributed by atoms with Crippen molar-refractivity contribution in [2.75, 3.05) is 13.2 Å². The zero-order valence-electron chi connectivity index (χ0n) is 15.7. The number of hydrogen-bond donors (Lipinski definition) is 1. The molecule has 0 amide bonds. The van der Waals surface area contributed by atoms with Crippen molar-refractivity contribution in [1.82, 2.24) is 0 Å². The molecule has 0 spiro atoms. The maximum atomic E-state index is 11.6. The van der Waals surface area contributed by atoms with E-state index >= 15 is 0 Å². The normalized spacial score (nSPS) is 11.2. The van der Waals surface area contributed by atoms with Crippen LogP contribution in [0.3, 0.4) is 0 Å². The first-order valence-corrected chi connectivity index (χ1v) is 9.31. The molecule has 1 aromatic carbocycles. The van der Waals surface area contributed by atoms with E-state index in [9.17, 15) is 23.1 Å². The van der Waals surface area contributed by atoms with E-state index in [4.69, 9.17) is 14.0 Å². The van der Waals surface area contributed by atoms with Crippen molar-refractivity contribution in [2.45, 2.75) is 31.9 Å². The number of allylic oxidation sites excluding steroid dienone is 1. The van der Waals surface area contributed by atoms with Gasteiger partial charge in [0.15, 0.2) is 0 Å². The first-order valence-electron chi connectivity index (χ1n) is 7.81. The van der Waals surface area contributed by atoms with E-state index < -0.39 is 33.7 Å². The number of benzene rings is 1. The van der Waals surface area contributed by atoms with Gasteiger partial charge in [-0.05, 0) is 31.9 Å². The topological polar surface area (TPSA) is 130 Å². The second-order valence-electron chi connectivity index (χ2n) is 4.88. The van der Waals surface area contributed by atoms with Crippen LogP contribution in [0.15, 0.2) is 36.9 Å². The van der Waals surface area contributed by atoms with Gasteiger partial charge in [-0.15, -0.1) is 6.58 Å². The summed E-state index contributed by atoms with van der Waals surface area (Å²) in [6.45, 7) is 9.21. The molecule has 0 saturated carbocycles. The van der Waals surface area contributed by atoms with Crippen LogP contribution in [0.4, 0.5) is 0 Å². The number of carbonyl (C=O) groups excluding carboxylic acids is 2. The molecular weight excluding hydrogens is 387 g/mol. The predicted molar refractivity (Wildman–Crippen MR) is 93.1 cm³/mol. The third-order valence-electron chi connectivity index (χ3n) is 2.94. The Balaban J connectivity index is 0. The van der Waals surface area contributed by atoms with Gasteiger partial charge >= 0.3 is 35.5 Å². The summed E-state index contributed by atoms with van der Waals surface area (Å²) in [6.07, 6.45) is 0.935. The first-order chi connectivity index (χ1) is 12.2. The molecule has 0 aliphatic rings. The molecule has 1 unspecified atom stereocenters. The van der Waals surface area contributed by atoms with Crippen LogP contribution in [0, 0.1) is 0 Å². The standard InChI is InChI=1S/C13H14O7S.C4H10O.Na/c1-2-5-9-6-3-4-7-10(9)20-12(14)8-11(13(15)16)21(17,18)19;1-3-5-4-2;/h2-4,6-7,11H,1,5,8H2,(H,15,16)(H,17,18,19);3-4H2,1-2H3;/q;;+1/p-1. The van der Waals surface area contributed by atoms with Gasteiger partial charge in [0.25, 0.3) is 10.1 Å². The molecule has 0 fully saturated rings. The van der Waals surface area contributed by atoms with Gasteiger partial charge in [-0.3, -0.25) is 9.35 Å². The van der Waals surface area contributed by atoms with Crippen LogP contribution in [0.2, 0.25) is 0 Å². The monoisotopic (exact) mass is 410 g/mol. The zero-order valence-corrected chi connectivity index (χ0v) is 18.5. The molecule has 146 valence electrons. The van der Waals surface area contributed by atoms with Crippen molar-refractivity contribution >= 4 is 22.1 Å². The molecule has 0 saturated heterocycles. The Kier molecular flexibility index (Phi) is 15.3. The second kappa shape index (κ2) is 14.8. The third-order valence-corrected chi connectivity index (χ3v) is 4.02. The summed E-state index contributed by atoms with van der Waals surface area (Å²) < 4.78 is 40.2. The number of carbonyl (C=O) groups is 2. The first kappa shape index (κ1) is 28.0. The Bertz CT molecular complexity index is 701. The fourth-order valence-corrected chi connectivity index (χ4v) is 2.35. The number of carboxylic acid groups (broad SMARTS) is 1. The molecule has 1 N–H and O–H groups in total. The molecular formula is C17H23NaO8S. The minimum absolute atomic E-state index is 0. The molecule has 0 aliphatic carbocycles. The maximum Gasteiger partial charge on any atom is 1.00 e. The minimum atomic E-state index is -4.95. The quantitative estimate of drug-likeness (QED) is 0.159. The fraction of sp³-hybridized carbons (Fsp3) is 0.412. The fourth-order valence-electron chi connectivity index (χ4n) is 1.76. The van der Waals surface area contributed by atoms with Gasteiger partial charge in [0.1, 0.15) is 11.0 Å². The smallest absolute Gasteiger partial charge is 0.549 e. The molecule has 8 nitrogen and oxygen atoms in total. The van der Waals surface area contributed by atoms with Gasteiger partial charge in [0, 0.05) is 13.2 Å². The van der Waals surface area contributed by atoms with Crippen LogP contribution < -0.4 is 39.4 Å². The zero-order chi connectivity index (χ0) is 20.2. The number of hydrogen-bond acceptors (Lipinski definition) is 7. The van der Waals surface area contributed by atoms with E-state index in [2.05, 4.69) is 6.58 Å². The number of ether oxygens (including phenoxy) is 2. The molecule has 1 rings (SSSR count). The van der Waals surface area contributed by atoms with E-state index in [0.717, 1.165) is 13.2 Å². The van der Waals surface area contributed by atoms with Crippen molar-refractivity contribution in [2.24, 2.45) is 0 Å². The number of aliphatic carboxylic acids is 1. The summed E-state index contributed by atoms with van der Waals surface area (Å²) in [4.78, 5) is 22.2. The molecule has 0 aromatic heterocycles. The number of rotatable bonds is 9. The minimum Gasteiger partial charge on any atom is -0.549 e. The molecule has 0 aliphatic heterocycles. The van der Waals surface area contributed by atoms with E-state index in [1.807, 2.05) is 13.8 Å². The molecule has 10 heteroatoms. The van der Waals surface area contributed by atoms with Gasteiger partial charge in [-0.25, -0.2) is 0 Å². The number of esters is 1. The summed E-state index contributed by atoms with van der Waals surface area (Å²) in [5.41, 5.74) is 0.623. The van der Waals surface area contributed by atoms with Crippen LogP contribution in [0.5, 0.6) is 5.75 Å². The van der Waals surface area contributed by atoms with Crippen LogP contribution >= 0.6 is 0 Å². The molecule has 0 bridgehead atoms. The van der Waals surface area contributed by atoms with Crippen molar-refractivity contribution < 1.29 is 66.7 Å². The van der Waals surface area contributed by atoms with Gasteiger partial charge in [0.05, 0.1) is 12.4 Å². The van der Waals surface area contributed by atoms with Gasteiger partial charge < -0.3 is 19.4 Å².